The first-order valence-electron chi connectivity index (χ1n) is 8.55. The molecule has 2 aromatic rings. The summed E-state index contributed by atoms with van der Waals surface area (Å²) in [5, 5.41) is 5.35. The number of hydrogen-bond acceptors (Lipinski definition) is 5. The van der Waals surface area contributed by atoms with Gasteiger partial charge in [-0.2, -0.15) is 0 Å². The molecule has 0 bridgehead atoms. The molecule has 1 heterocycles. The van der Waals surface area contributed by atoms with Crippen LogP contribution in [0.5, 0.6) is 11.5 Å². The van der Waals surface area contributed by atoms with Gasteiger partial charge in [0.2, 0.25) is 5.91 Å². The van der Waals surface area contributed by atoms with Crippen molar-refractivity contribution in [3.8, 4) is 11.5 Å². The molecule has 7 nitrogen and oxygen atoms in total. The summed E-state index contributed by atoms with van der Waals surface area (Å²) in [6.45, 7) is 6.58. The van der Waals surface area contributed by atoms with E-state index >= 15 is 0 Å². The fraction of sp³-hybridized carbons (Fsp3) is 0.368. The van der Waals surface area contributed by atoms with Crippen molar-refractivity contribution in [3.05, 3.63) is 47.9 Å². The zero-order valence-corrected chi connectivity index (χ0v) is 15.2. The van der Waals surface area contributed by atoms with Crippen LogP contribution in [-0.2, 0) is 4.79 Å². The summed E-state index contributed by atoms with van der Waals surface area (Å²) in [4.78, 5) is 23.8. The standard InChI is InChI=1S/C19H24N2O5/c1-4-24-15-9-8-14(11-17(15)25-5-2)13(3)21-18(22)12-20-19(23)16-7-6-10-26-16/h6-11,13H,4-5,12H2,1-3H3,(H,20,23)(H,21,22)/t13-/m1/s1. The highest BCUT2D eigenvalue weighted by Crippen LogP contribution is 2.30. The third-order valence-electron chi connectivity index (χ3n) is 3.60. The molecule has 0 spiro atoms. The van der Waals surface area contributed by atoms with Gasteiger partial charge in [0.25, 0.3) is 5.91 Å². The summed E-state index contributed by atoms with van der Waals surface area (Å²) in [6, 6.07) is 8.44. The predicted octanol–water partition coefficient (Wildman–Crippen LogP) is 2.68. The summed E-state index contributed by atoms with van der Waals surface area (Å²) in [7, 11) is 0. The Morgan fingerprint density at radius 2 is 1.85 bits per heavy atom. The zero-order valence-electron chi connectivity index (χ0n) is 15.2. The van der Waals surface area contributed by atoms with E-state index < -0.39 is 5.91 Å². The molecule has 2 N–H and O–H groups in total. The van der Waals surface area contributed by atoms with Crippen LogP contribution in [0.1, 0.15) is 42.9 Å². The molecule has 0 saturated heterocycles. The molecule has 0 saturated carbocycles. The van der Waals surface area contributed by atoms with Crippen molar-refractivity contribution in [3.63, 3.8) is 0 Å². The minimum Gasteiger partial charge on any atom is -0.490 e. The maximum Gasteiger partial charge on any atom is 0.287 e. The van der Waals surface area contributed by atoms with Crippen molar-refractivity contribution >= 4 is 11.8 Å². The summed E-state index contributed by atoms with van der Waals surface area (Å²) in [6.07, 6.45) is 1.40. The van der Waals surface area contributed by atoms with E-state index in [1.54, 1.807) is 6.07 Å². The van der Waals surface area contributed by atoms with Crippen molar-refractivity contribution < 1.29 is 23.5 Å². The van der Waals surface area contributed by atoms with Crippen LogP contribution in [0, 0.1) is 0 Å². The Bertz CT molecular complexity index is 728. The van der Waals surface area contributed by atoms with Gasteiger partial charge in [-0.15, -0.1) is 0 Å². The molecule has 0 aliphatic carbocycles. The van der Waals surface area contributed by atoms with Crippen LogP contribution in [0.4, 0.5) is 0 Å². The van der Waals surface area contributed by atoms with Gasteiger partial charge in [0.05, 0.1) is 32.1 Å². The van der Waals surface area contributed by atoms with Crippen LogP contribution in [0.2, 0.25) is 0 Å². The van der Waals surface area contributed by atoms with Gasteiger partial charge in [-0.1, -0.05) is 6.07 Å². The Hall–Kier alpha value is -2.96. The molecule has 7 heteroatoms. The van der Waals surface area contributed by atoms with E-state index in [9.17, 15) is 9.59 Å². The van der Waals surface area contributed by atoms with Gasteiger partial charge in [0.1, 0.15) is 0 Å². The molecule has 140 valence electrons. The lowest BCUT2D eigenvalue weighted by Gasteiger charge is -2.17. The minimum atomic E-state index is -0.433. The number of hydrogen-bond donors (Lipinski definition) is 2. The van der Waals surface area contributed by atoms with Gasteiger partial charge in [0.15, 0.2) is 17.3 Å². The van der Waals surface area contributed by atoms with Crippen molar-refractivity contribution in [1.82, 2.24) is 10.6 Å². The molecule has 26 heavy (non-hydrogen) atoms. The molecular formula is C19H24N2O5. The number of furan rings is 1. The van der Waals surface area contributed by atoms with Crippen molar-refractivity contribution in [2.24, 2.45) is 0 Å². The quantitative estimate of drug-likeness (QED) is 0.718. The maximum atomic E-state index is 12.1. The van der Waals surface area contributed by atoms with Crippen LogP contribution in [0.3, 0.4) is 0 Å². The molecule has 1 aromatic carbocycles. The molecule has 0 unspecified atom stereocenters. The van der Waals surface area contributed by atoms with E-state index in [0.717, 1.165) is 5.56 Å². The first-order chi connectivity index (χ1) is 12.5. The number of carbonyl (C=O) groups excluding carboxylic acids is 2. The van der Waals surface area contributed by atoms with Gasteiger partial charge < -0.3 is 24.5 Å². The molecule has 0 aliphatic rings. The summed E-state index contributed by atoms with van der Waals surface area (Å²) < 4.78 is 16.1. The van der Waals surface area contributed by atoms with E-state index in [0.29, 0.717) is 24.7 Å². The predicted molar refractivity (Wildman–Crippen MR) is 96.4 cm³/mol. The topological polar surface area (TPSA) is 89.8 Å². The second-order valence-electron chi connectivity index (χ2n) is 5.52. The average molecular weight is 360 g/mol. The third-order valence-corrected chi connectivity index (χ3v) is 3.60. The Labute approximate surface area is 152 Å². The molecule has 0 fully saturated rings. The second kappa shape index (κ2) is 9.50. The number of rotatable bonds is 9. The van der Waals surface area contributed by atoms with E-state index in [1.807, 2.05) is 39.0 Å². The lowest BCUT2D eigenvalue weighted by atomic mass is 10.1. The smallest absolute Gasteiger partial charge is 0.287 e. The Kier molecular flexibility index (Phi) is 7.08. The average Bonchev–Trinajstić information content (AvgIpc) is 3.16. The van der Waals surface area contributed by atoms with Gasteiger partial charge in [0, 0.05) is 0 Å². The molecular weight excluding hydrogens is 336 g/mol. The monoisotopic (exact) mass is 360 g/mol. The highest BCUT2D eigenvalue weighted by atomic mass is 16.5. The SMILES string of the molecule is CCOc1ccc([C@@H](C)NC(=O)CNC(=O)c2ccco2)cc1OCC. The zero-order chi connectivity index (χ0) is 18.9. The maximum absolute atomic E-state index is 12.1. The third kappa shape index (κ3) is 5.27. The number of carbonyl (C=O) groups is 2. The molecule has 0 radical (unpaired) electrons. The fourth-order valence-electron chi connectivity index (χ4n) is 2.37. The lowest BCUT2D eigenvalue weighted by molar-refractivity contribution is -0.120. The van der Waals surface area contributed by atoms with E-state index in [-0.39, 0.29) is 24.3 Å². The number of ether oxygens (including phenoxy) is 2. The summed E-state index contributed by atoms with van der Waals surface area (Å²) in [5.74, 6) is 0.738. The molecule has 0 aliphatic heterocycles. The summed E-state index contributed by atoms with van der Waals surface area (Å²) in [5.41, 5.74) is 0.877. The number of amides is 2. The highest BCUT2D eigenvalue weighted by molar-refractivity contribution is 5.94. The van der Waals surface area contributed by atoms with E-state index in [2.05, 4.69) is 10.6 Å². The molecule has 2 amide bonds. The Balaban J connectivity index is 1.93. The number of benzene rings is 1. The normalized spacial score (nSPS) is 11.5. The first-order valence-corrected chi connectivity index (χ1v) is 8.55. The second-order valence-corrected chi connectivity index (χ2v) is 5.52. The van der Waals surface area contributed by atoms with Crippen LogP contribution >= 0.6 is 0 Å². The van der Waals surface area contributed by atoms with Crippen LogP contribution in [0.15, 0.2) is 41.0 Å². The Morgan fingerprint density at radius 1 is 1.12 bits per heavy atom. The Morgan fingerprint density at radius 3 is 2.50 bits per heavy atom. The first kappa shape index (κ1) is 19.4. The molecule has 2 rings (SSSR count). The number of nitrogens with one attached hydrogen (secondary N) is 2. The van der Waals surface area contributed by atoms with Crippen LogP contribution < -0.4 is 20.1 Å². The molecule has 1 aromatic heterocycles. The van der Waals surface area contributed by atoms with Gasteiger partial charge in [-0.25, -0.2) is 0 Å². The van der Waals surface area contributed by atoms with Crippen LogP contribution in [-0.4, -0.2) is 31.6 Å². The highest BCUT2D eigenvalue weighted by Gasteiger charge is 2.15. The van der Waals surface area contributed by atoms with Crippen molar-refractivity contribution in [2.45, 2.75) is 26.8 Å². The molecule has 1 atom stereocenters. The van der Waals surface area contributed by atoms with Crippen LogP contribution in [0.25, 0.3) is 0 Å². The van der Waals surface area contributed by atoms with E-state index in [1.165, 1.54) is 12.3 Å². The van der Waals surface area contributed by atoms with Gasteiger partial charge >= 0.3 is 0 Å². The fourth-order valence-corrected chi connectivity index (χ4v) is 2.37. The summed E-state index contributed by atoms with van der Waals surface area (Å²) >= 11 is 0. The van der Waals surface area contributed by atoms with E-state index in [4.69, 9.17) is 13.9 Å². The lowest BCUT2D eigenvalue weighted by Crippen LogP contribution is -2.37. The van der Waals surface area contributed by atoms with Crippen molar-refractivity contribution in [1.29, 1.82) is 0 Å². The van der Waals surface area contributed by atoms with Gasteiger partial charge in [-0.05, 0) is 50.6 Å². The van der Waals surface area contributed by atoms with Gasteiger partial charge in [-0.3, -0.25) is 9.59 Å². The van der Waals surface area contributed by atoms with Crippen molar-refractivity contribution in [2.75, 3.05) is 19.8 Å². The largest absolute Gasteiger partial charge is 0.490 e. The minimum absolute atomic E-state index is 0.140.